The highest BCUT2D eigenvalue weighted by Crippen LogP contribution is 2.35. The minimum Gasteiger partial charge on any atom is -0.507 e. The summed E-state index contributed by atoms with van der Waals surface area (Å²) in [5.41, 5.74) is 6.46. The van der Waals surface area contributed by atoms with Gasteiger partial charge in [-0.2, -0.15) is 0 Å². The molecule has 2 nitrogen and oxygen atoms in total. The Morgan fingerprint density at radius 2 is 0.966 bits per heavy atom. The van der Waals surface area contributed by atoms with Gasteiger partial charge >= 0.3 is 0 Å². The van der Waals surface area contributed by atoms with E-state index >= 15 is 0 Å². The van der Waals surface area contributed by atoms with E-state index < -0.39 is 0 Å². The van der Waals surface area contributed by atoms with Crippen LogP contribution >= 0.6 is 0 Å². The van der Waals surface area contributed by atoms with Crippen molar-refractivity contribution in [2.45, 2.75) is 98.3 Å². The number of benzene rings is 2. The molecule has 0 saturated carbocycles. The Hall–Kier alpha value is -1.96. The predicted octanol–water partition coefficient (Wildman–Crippen LogP) is 7.62. The number of phenolic OH excluding ortho intramolecular Hbond substituents is 2. The largest absolute Gasteiger partial charge is 0.507 e. The molecule has 0 aromatic heterocycles. The van der Waals surface area contributed by atoms with Crippen LogP contribution in [-0.4, -0.2) is 10.2 Å². The molecule has 0 aliphatic carbocycles. The fraction of sp³-hybridized carbons (Fsp3) is 0.556. The zero-order chi connectivity index (χ0) is 21.6. The molecule has 29 heavy (non-hydrogen) atoms. The second-order valence-corrected chi connectivity index (χ2v) is 9.07. The summed E-state index contributed by atoms with van der Waals surface area (Å²) >= 11 is 0. The van der Waals surface area contributed by atoms with Gasteiger partial charge in [0.2, 0.25) is 0 Å². The lowest BCUT2D eigenvalue weighted by Crippen LogP contribution is -2.01. The first-order valence-electron chi connectivity index (χ1n) is 11.5. The van der Waals surface area contributed by atoms with Crippen LogP contribution in [-0.2, 0) is 19.3 Å². The molecular weight excluding hydrogens is 356 g/mol. The topological polar surface area (TPSA) is 40.5 Å². The first-order valence-corrected chi connectivity index (χ1v) is 11.5. The van der Waals surface area contributed by atoms with Crippen molar-refractivity contribution in [3.8, 4) is 11.5 Å². The van der Waals surface area contributed by atoms with Gasteiger partial charge in [-0.15, -0.1) is 0 Å². The van der Waals surface area contributed by atoms with E-state index in [-0.39, 0.29) is 0 Å². The third-order valence-electron chi connectivity index (χ3n) is 5.89. The number of hydrogen-bond acceptors (Lipinski definition) is 2. The minimum absolute atomic E-state index is 0.408. The Balaban J connectivity index is 2.51. The monoisotopic (exact) mass is 396 g/mol. The first-order chi connectivity index (χ1) is 13.8. The molecule has 0 atom stereocenters. The smallest absolute Gasteiger partial charge is 0.122 e. The minimum atomic E-state index is 0.408. The van der Waals surface area contributed by atoms with E-state index in [1.807, 2.05) is 0 Å². The maximum absolute atomic E-state index is 11.0. The molecule has 0 unspecified atom stereocenters. The molecule has 0 bridgehead atoms. The first kappa shape index (κ1) is 23.3. The van der Waals surface area contributed by atoms with Crippen molar-refractivity contribution in [2.75, 3.05) is 0 Å². The third kappa shape index (κ3) is 6.01. The molecule has 0 amide bonds. The van der Waals surface area contributed by atoms with E-state index in [9.17, 15) is 10.2 Å². The zero-order valence-corrected chi connectivity index (χ0v) is 19.3. The van der Waals surface area contributed by atoms with Crippen LogP contribution in [0.25, 0.3) is 0 Å². The Morgan fingerprint density at radius 1 is 0.621 bits per heavy atom. The lowest BCUT2D eigenvalue weighted by atomic mass is 9.89. The van der Waals surface area contributed by atoms with Gasteiger partial charge in [0.25, 0.3) is 0 Å². The fourth-order valence-electron chi connectivity index (χ4n) is 3.83. The Labute approximate surface area is 178 Å². The second kappa shape index (κ2) is 10.7. The van der Waals surface area contributed by atoms with E-state index in [1.165, 1.54) is 11.1 Å². The quantitative estimate of drug-likeness (QED) is 0.433. The number of aryl methyl sites for hydroxylation is 2. The van der Waals surface area contributed by atoms with Crippen LogP contribution < -0.4 is 0 Å². The summed E-state index contributed by atoms with van der Waals surface area (Å²) in [6.07, 6.45) is 6.73. The van der Waals surface area contributed by atoms with E-state index in [0.29, 0.717) is 29.8 Å². The molecule has 0 aliphatic rings. The summed E-state index contributed by atoms with van der Waals surface area (Å²) < 4.78 is 0. The van der Waals surface area contributed by atoms with Gasteiger partial charge in [0.05, 0.1) is 0 Å². The number of aromatic hydroxyl groups is 2. The molecule has 2 N–H and O–H groups in total. The van der Waals surface area contributed by atoms with Gasteiger partial charge in [0.1, 0.15) is 11.5 Å². The summed E-state index contributed by atoms with van der Waals surface area (Å²) in [4.78, 5) is 0. The van der Waals surface area contributed by atoms with Crippen molar-refractivity contribution in [3.05, 3.63) is 57.6 Å². The molecule has 2 rings (SSSR count). The second-order valence-electron chi connectivity index (χ2n) is 9.07. The van der Waals surface area contributed by atoms with E-state index in [0.717, 1.165) is 60.8 Å². The summed E-state index contributed by atoms with van der Waals surface area (Å²) in [5, 5.41) is 22.0. The molecule has 0 spiro atoms. The third-order valence-corrected chi connectivity index (χ3v) is 5.89. The predicted molar refractivity (Wildman–Crippen MR) is 124 cm³/mol. The number of rotatable bonds is 10. The molecule has 0 aliphatic heterocycles. The van der Waals surface area contributed by atoms with Gasteiger partial charge in [0.15, 0.2) is 0 Å². The zero-order valence-electron chi connectivity index (χ0n) is 19.3. The van der Waals surface area contributed by atoms with Crippen molar-refractivity contribution in [1.29, 1.82) is 0 Å². The van der Waals surface area contributed by atoms with Gasteiger partial charge < -0.3 is 10.2 Å². The van der Waals surface area contributed by atoms with Crippen molar-refractivity contribution < 1.29 is 10.2 Å². The van der Waals surface area contributed by atoms with Crippen LogP contribution in [0.15, 0.2) is 24.3 Å². The summed E-state index contributed by atoms with van der Waals surface area (Å²) in [5.74, 6) is 1.63. The van der Waals surface area contributed by atoms with Gasteiger partial charge in [-0.1, -0.05) is 78.6 Å². The normalized spacial score (nSPS) is 11.6. The van der Waals surface area contributed by atoms with Crippen molar-refractivity contribution in [1.82, 2.24) is 0 Å². The van der Waals surface area contributed by atoms with Crippen molar-refractivity contribution >= 4 is 0 Å². The van der Waals surface area contributed by atoms with Crippen LogP contribution in [0.2, 0.25) is 0 Å². The lowest BCUT2D eigenvalue weighted by Gasteiger charge is -2.18. The summed E-state index contributed by atoms with van der Waals surface area (Å²) in [6.45, 7) is 13.1. The van der Waals surface area contributed by atoms with E-state index in [4.69, 9.17) is 0 Å². The lowest BCUT2D eigenvalue weighted by molar-refractivity contribution is 0.454. The van der Waals surface area contributed by atoms with Gasteiger partial charge in [-0.3, -0.25) is 0 Å². The standard InChI is InChI=1S/C27H40O2/c1-7-9-11-20-13-22(18(3)4)15-24(26(20)28)17-25-16-23(19(5)6)14-21(27(25)29)12-10-8-2/h13-16,18-19,28-29H,7-12,17H2,1-6H3. The van der Waals surface area contributed by atoms with E-state index in [2.05, 4.69) is 65.8 Å². The molecule has 0 fully saturated rings. The number of hydrogen-bond donors (Lipinski definition) is 2. The Bertz CT molecular complexity index is 735. The maximum Gasteiger partial charge on any atom is 0.122 e. The van der Waals surface area contributed by atoms with Gasteiger partial charge in [-0.05, 0) is 70.9 Å². The average molecular weight is 397 g/mol. The van der Waals surface area contributed by atoms with E-state index in [1.54, 1.807) is 0 Å². The SMILES string of the molecule is CCCCc1cc(C(C)C)cc(Cc2cc(C(C)C)cc(CCCC)c2O)c1O. The van der Waals surface area contributed by atoms with Crippen LogP contribution in [0, 0.1) is 0 Å². The van der Waals surface area contributed by atoms with Crippen LogP contribution in [0.1, 0.15) is 112 Å². The number of unbranched alkanes of at least 4 members (excludes halogenated alkanes) is 2. The Kier molecular flexibility index (Phi) is 8.61. The van der Waals surface area contributed by atoms with Crippen LogP contribution in [0.3, 0.4) is 0 Å². The highest BCUT2D eigenvalue weighted by molar-refractivity contribution is 5.51. The van der Waals surface area contributed by atoms with Crippen molar-refractivity contribution in [2.24, 2.45) is 0 Å². The molecule has 0 heterocycles. The summed E-state index contributed by atoms with van der Waals surface area (Å²) in [6, 6.07) is 8.58. The van der Waals surface area contributed by atoms with Crippen molar-refractivity contribution in [3.63, 3.8) is 0 Å². The highest BCUT2D eigenvalue weighted by atomic mass is 16.3. The van der Waals surface area contributed by atoms with Crippen LogP contribution in [0.5, 0.6) is 11.5 Å². The average Bonchev–Trinajstić information content (AvgIpc) is 2.68. The summed E-state index contributed by atoms with van der Waals surface area (Å²) in [7, 11) is 0. The Morgan fingerprint density at radius 3 is 1.28 bits per heavy atom. The van der Waals surface area contributed by atoms with Crippen LogP contribution in [0.4, 0.5) is 0 Å². The number of phenols is 2. The molecule has 0 saturated heterocycles. The molecule has 2 aromatic carbocycles. The van der Waals surface area contributed by atoms with Gasteiger partial charge in [0, 0.05) is 6.42 Å². The molecule has 2 aromatic rings. The fourth-order valence-corrected chi connectivity index (χ4v) is 3.83. The molecule has 2 heteroatoms. The molecular formula is C27H40O2. The molecule has 0 radical (unpaired) electrons. The maximum atomic E-state index is 11.0. The molecule has 160 valence electrons. The van der Waals surface area contributed by atoms with Gasteiger partial charge in [-0.25, -0.2) is 0 Å². The highest BCUT2D eigenvalue weighted by Gasteiger charge is 2.17.